The third kappa shape index (κ3) is 2.18. The minimum Gasteiger partial charge on any atom is -0.497 e. The quantitative estimate of drug-likeness (QED) is 0.792. The van der Waals surface area contributed by atoms with Gasteiger partial charge in [0.2, 0.25) is 0 Å². The van der Waals surface area contributed by atoms with Crippen LogP contribution >= 0.6 is 0 Å². The summed E-state index contributed by atoms with van der Waals surface area (Å²) in [7, 11) is 1.57. The molecule has 0 bridgehead atoms. The first-order valence-corrected chi connectivity index (χ1v) is 7.94. The molecule has 1 aliphatic carbocycles. The second-order valence-corrected chi connectivity index (χ2v) is 6.51. The number of hydrogen-bond donors (Lipinski definition) is 0. The van der Waals surface area contributed by atoms with Crippen molar-refractivity contribution in [3.8, 4) is 11.5 Å². The average molecular weight is 334 g/mol. The smallest absolute Gasteiger partial charge is 0.251 e. The second-order valence-electron chi connectivity index (χ2n) is 6.51. The van der Waals surface area contributed by atoms with Crippen LogP contribution in [0.4, 0.5) is 13.2 Å². The van der Waals surface area contributed by atoms with Crippen LogP contribution in [0.5, 0.6) is 11.5 Å². The summed E-state index contributed by atoms with van der Waals surface area (Å²) in [5.74, 6) is -1.97. The van der Waals surface area contributed by atoms with Crippen molar-refractivity contribution in [3.05, 3.63) is 59.4 Å². The van der Waals surface area contributed by atoms with E-state index in [1.165, 1.54) is 18.2 Å². The molecule has 0 saturated heterocycles. The molecule has 2 aromatic rings. The highest BCUT2D eigenvalue weighted by atomic mass is 19.3. The Morgan fingerprint density at radius 1 is 1.08 bits per heavy atom. The van der Waals surface area contributed by atoms with Gasteiger partial charge in [0, 0.05) is 18.4 Å². The fourth-order valence-electron chi connectivity index (χ4n) is 4.02. The zero-order chi connectivity index (χ0) is 16.9. The summed E-state index contributed by atoms with van der Waals surface area (Å²) >= 11 is 0. The van der Waals surface area contributed by atoms with Gasteiger partial charge >= 0.3 is 0 Å². The molecular weight excluding hydrogens is 317 g/mol. The van der Waals surface area contributed by atoms with Crippen LogP contribution in [-0.2, 0) is 5.41 Å². The Labute approximate surface area is 138 Å². The van der Waals surface area contributed by atoms with Gasteiger partial charge in [-0.25, -0.2) is 13.2 Å². The fraction of sp³-hybridized carbons (Fsp3) is 0.368. The van der Waals surface area contributed by atoms with E-state index in [4.69, 9.17) is 9.47 Å². The molecule has 2 atom stereocenters. The first-order valence-electron chi connectivity index (χ1n) is 7.94. The molecule has 0 radical (unpaired) electrons. The highest BCUT2D eigenvalue weighted by Crippen LogP contribution is 2.57. The Morgan fingerprint density at radius 2 is 1.83 bits per heavy atom. The second kappa shape index (κ2) is 5.16. The Hall–Kier alpha value is -2.17. The third-order valence-corrected chi connectivity index (χ3v) is 5.22. The molecule has 5 heteroatoms. The Morgan fingerprint density at radius 3 is 2.54 bits per heavy atom. The molecule has 4 rings (SSSR count). The molecule has 24 heavy (non-hydrogen) atoms. The molecule has 1 saturated carbocycles. The number of benzene rings is 2. The van der Waals surface area contributed by atoms with Crippen molar-refractivity contribution < 1.29 is 22.6 Å². The highest BCUT2D eigenvalue weighted by Gasteiger charge is 2.57. The number of fused-ring (bicyclic) bond motifs is 3. The van der Waals surface area contributed by atoms with Crippen molar-refractivity contribution in [3.63, 3.8) is 0 Å². The predicted octanol–water partition coefficient (Wildman–Crippen LogP) is 4.70. The molecule has 1 fully saturated rings. The van der Waals surface area contributed by atoms with Crippen LogP contribution in [0.1, 0.15) is 30.4 Å². The van der Waals surface area contributed by atoms with E-state index in [2.05, 4.69) is 0 Å². The lowest BCUT2D eigenvalue weighted by molar-refractivity contribution is -0.0829. The van der Waals surface area contributed by atoms with Crippen molar-refractivity contribution in [2.24, 2.45) is 0 Å². The summed E-state index contributed by atoms with van der Waals surface area (Å²) < 4.78 is 52.8. The third-order valence-electron chi connectivity index (χ3n) is 5.22. The van der Waals surface area contributed by atoms with Crippen LogP contribution < -0.4 is 9.47 Å². The largest absolute Gasteiger partial charge is 0.497 e. The SMILES string of the molecule is COc1ccc(C23CCC(F)(F)CC2Oc2ccc(F)cc23)cc1. The average Bonchev–Trinajstić information content (AvgIpc) is 2.87. The van der Waals surface area contributed by atoms with Gasteiger partial charge in [0.1, 0.15) is 23.4 Å². The number of halogens is 3. The molecule has 1 heterocycles. The van der Waals surface area contributed by atoms with Crippen LogP contribution in [0.2, 0.25) is 0 Å². The minimum absolute atomic E-state index is 0.216. The molecule has 0 spiro atoms. The van der Waals surface area contributed by atoms with Crippen LogP contribution in [0.25, 0.3) is 0 Å². The normalized spacial score (nSPS) is 27.1. The van der Waals surface area contributed by atoms with E-state index >= 15 is 0 Å². The standard InChI is InChI=1S/C19H17F3O2/c1-23-14-5-2-12(3-6-14)19-9-8-18(21,22)11-17(19)24-16-7-4-13(20)10-15(16)19/h2-7,10,17H,8-9,11H2,1H3. The van der Waals surface area contributed by atoms with Crippen LogP contribution in [-0.4, -0.2) is 19.1 Å². The van der Waals surface area contributed by atoms with E-state index in [-0.39, 0.29) is 25.1 Å². The topological polar surface area (TPSA) is 18.5 Å². The van der Waals surface area contributed by atoms with Crippen molar-refractivity contribution in [2.75, 3.05) is 7.11 Å². The lowest BCUT2D eigenvalue weighted by Crippen LogP contribution is -2.48. The van der Waals surface area contributed by atoms with Gasteiger partial charge in [-0.3, -0.25) is 0 Å². The van der Waals surface area contributed by atoms with E-state index in [0.717, 1.165) is 5.56 Å². The first-order chi connectivity index (χ1) is 11.4. The van der Waals surface area contributed by atoms with Gasteiger partial charge in [0.25, 0.3) is 5.92 Å². The lowest BCUT2D eigenvalue weighted by Gasteiger charge is -2.41. The lowest BCUT2D eigenvalue weighted by atomic mass is 9.64. The zero-order valence-electron chi connectivity index (χ0n) is 13.2. The van der Waals surface area contributed by atoms with Crippen LogP contribution in [0.15, 0.2) is 42.5 Å². The summed E-state index contributed by atoms with van der Waals surface area (Å²) in [6, 6.07) is 11.6. The van der Waals surface area contributed by atoms with Gasteiger partial charge in [-0.15, -0.1) is 0 Å². The van der Waals surface area contributed by atoms with Crippen molar-refractivity contribution in [1.29, 1.82) is 0 Å². The van der Waals surface area contributed by atoms with E-state index in [1.54, 1.807) is 19.2 Å². The van der Waals surface area contributed by atoms with E-state index < -0.39 is 17.4 Å². The van der Waals surface area contributed by atoms with Gasteiger partial charge in [-0.1, -0.05) is 12.1 Å². The van der Waals surface area contributed by atoms with Crippen LogP contribution in [0.3, 0.4) is 0 Å². The zero-order valence-corrected chi connectivity index (χ0v) is 13.2. The van der Waals surface area contributed by atoms with Gasteiger partial charge in [0.15, 0.2) is 0 Å². The Kier molecular flexibility index (Phi) is 3.31. The molecule has 1 aliphatic heterocycles. The van der Waals surface area contributed by atoms with Crippen LogP contribution in [0, 0.1) is 5.82 Å². The molecular formula is C19H17F3O2. The van der Waals surface area contributed by atoms with Crippen molar-refractivity contribution in [2.45, 2.75) is 36.7 Å². The summed E-state index contributed by atoms with van der Waals surface area (Å²) in [4.78, 5) is 0. The first kappa shape index (κ1) is 15.4. The maximum absolute atomic E-state index is 14.0. The fourth-order valence-corrected chi connectivity index (χ4v) is 4.02. The number of methoxy groups -OCH3 is 1. The van der Waals surface area contributed by atoms with Crippen molar-refractivity contribution >= 4 is 0 Å². The van der Waals surface area contributed by atoms with E-state index in [1.807, 2.05) is 12.1 Å². The van der Waals surface area contributed by atoms with Gasteiger partial charge in [0.05, 0.1) is 12.5 Å². The van der Waals surface area contributed by atoms with Gasteiger partial charge in [-0.2, -0.15) is 0 Å². The molecule has 2 nitrogen and oxygen atoms in total. The Balaban J connectivity index is 1.88. The summed E-state index contributed by atoms with van der Waals surface area (Å²) in [5, 5.41) is 0. The number of ether oxygens (including phenoxy) is 2. The summed E-state index contributed by atoms with van der Waals surface area (Å²) in [6.07, 6.45) is -1.09. The summed E-state index contributed by atoms with van der Waals surface area (Å²) in [6.45, 7) is 0. The molecule has 0 N–H and O–H groups in total. The maximum Gasteiger partial charge on any atom is 0.251 e. The van der Waals surface area contributed by atoms with E-state index in [9.17, 15) is 13.2 Å². The minimum atomic E-state index is -2.76. The van der Waals surface area contributed by atoms with Crippen molar-refractivity contribution in [1.82, 2.24) is 0 Å². The van der Waals surface area contributed by atoms with E-state index in [0.29, 0.717) is 17.1 Å². The van der Waals surface area contributed by atoms with Gasteiger partial charge < -0.3 is 9.47 Å². The molecule has 2 unspecified atom stereocenters. The Bertz CT molecular complexity index is 773. The molecule has 2 aromatic carbocycles. The molecule has 126 valence electrons. The molecule has 0 aromatic heterocycles. The number of alkyl halides is 2. The summed E-state index contributed by atoms with van der Waals surface area (Å²) in [5.41, 5.74) is 0.770. The monoisotopic (exact) mass is 334 g/mol. The highest BCUT2D eigenvalue weighted by molar-refractivity contribution is 5.54. The molecule has 0 amide bonds. The van der Waals surface area contributed by atoms with Gasteiger partial charge in [-0.05, 0) is 42.3 Å². The predicted molar refractivity (Wildman–Crippen MR) is 83.4 cm³/mol. The maximum atomic E-state index is 14.0. The number of hydrogen-bond acceptors (Lipinski definition) is 2. The molecule has 2 aliphatic rings. The number of rotatable bonds is 2.